The predicted octanol–water partition coefficient (Wildman–Crippen LogP) is 4.96. The maximum absolute atomic E-state index is 12.9. The van der Waals surface area contributed by atoms with Gasteiger partial charge in [0.25, 0.3) is 0 Å². The molecule has 1 aromatic heterocycles. The van der Waals surface area contributed by atoms with Crippen molar-refractivity contribution in [3.63, 3.8) is 0 Å². The molecule has 0 spiro atoms. The molecule has 3 aromatic rings. The summed E-state index contributed by atoms with van der Waals surface area (Å²) in [7, 11) is 0. The van der Waals surface area contributed by atoms with Gasteiger partial charge in [0.05, 0.1) is 5.25 Å². The summed E-state index contributed by atoms with van der Waals surface area (Å²) in [6.07, 6.45) is 0.919. The lowest BCUT2D eigenvalue weighted by Crippen LogP contribution is -2.40. The van der Waals surface area contributed by atoms with Gasteiger partial charge in [-0.15, -0.1) is 10.2 Å². The minimum absolute atomic E-state index is 0.156. The van der Waals surface area contributed by atoms with Crippen LogP contribution in [0.25, 0.3) is 0 Å². The molecule has 0 bridgehead atoms. The monoisotopic (exact) mass is 424 g/mol. The van der Waals surface area contributed by atoms with Crippen LogP contribution >= 0.6 is 23.1 Å². The summed E-state index contributed by atoms with van der Waals surface area (Å²) >= 11 is 2.96. The number of aryl methyl sites for hydroxylation is 1. The van der Waals surface area contributed by atoms with E-state index in [9.17, 15) is 4.79 Å². The Bertz CT molecular complexity index is 1030. The first-order valence-corrected chi connectivity index (χ1v) is 11.4. The van der Waals surface area contributed by atoms with Gasteiger partial charge in [-0.2, -0.15) is 0 Å². The van der Waals surface area contributed by atoms with Crippen molar-refractivity contribution in [1.82, 2.24) is 15.1 Å². The van der Waals surface area contributed by atoms with E-state index in [-0.39, 0.29) is 11.2 Å². The normalized spacial score (nSPS) is 14.4. The Morgan fingerprint density at radius 1 is 1.14 bits per heavy atom. The van der Waals surface area contributed by atoms with Crippen LogP contribution in [0.4, 0.5) is 10.8 Å². The molecule has 0 saturated heterocycles. The zero-order valence-electron chi connectivity index (χ0n) is 16.8. The van der Waals surface area contributed by atoms with Crippen molar-refractivity contribution in [2.24, 2.45) is 0 Å². The molecule has 150 valence electrons. The van der Waals surface area contributed by atoms with E-state index >= 15 is 0 Å². The number of rotatable bonds is 5. The van der Waals surface area contributed by atoms with Gasteiger partial charge in [0, 0.05) is 18.8 Å². The Morgan fingerprint density at radius 2 is 1.93 bits per heavy atom. The molecule has 1 amide bonds. The van der Waals surface area contributed by atoms with Gasteiger partial charge >= 0.3 is 0 Å². The Hall–Kier alpha value is -2.38. The van der Waals surface area contributed by atoms with Crippen molar-refractivity contribution in [3.8, 4) is 0 Å². The van der Waals surface area contributed by atoms with E-state index < -0.39 is 0 Å². The number of benzene rings is 2. The number of nitrogens with zero attached hydrogens (tertiary/aromatic N) is 3. The van der Waals surface area contributed by atoms with Crippen LogP contribution in [-0.4, -0.2) is 32.8 Å². The molecule has 29 heavy (non-hydrogen) atoms. The standard InChI is InChI=1S/C22H24N4OS2/c1-14-7-6-10-19(15(14)2)23-21-24-25-22(29-21)28-16(3)20(27)26-12-11-17-8-4-5-9-18(17)13-26/h4-10,16H,11-13H2,1-3H3,(H,23,24). The van der Waals surface area contributed by atoms with Crippen LogP contribution in [0.5, 0.6) is 0 Å². The number of fused-ring (bicyclic) bond motifs is 1. The highest BCUT2D eigenvalue weighted by Gasteiger charge is 2.26. The smallest absolute Gasteiger partial charge is 0.236 e. The second-order valence-corrected chi connectivity index (χ2v) is 9.85. The average molecular weight is 425 g/mol. The number of hydrogen-bond acceptors (Lipinski definition) is 6. The third kappa shape index (κ3) is 4.46. The van der Waals surface area contributed by atoms with E-state index in [2.05, 4.69) is 53.6 Å². The van der Waals surface area contributed by atoms with Crippen LogP contribution in [0.3, 0.4) is 0 Å². The van der Waals surface area contributed by atoms with Crippen molar-refractivity contribution in [1.29, 1.82) is 0 Å². The lowest BCUT2D eigenvalue weighted by molar-refractivity contribution is -0.131. The second kappa shape index (κ2) is 8.55. The van der Waals surface area contributed by atoms with E-state index in [0.717, 1.165) is 28.1 Å². The molecule has 0 fully saturated rings. The third-order valence-corrected chi connectivity index (χ3v) is 7.33. The number of nitrogens with one attached hydrogen (secondary N) is 1. The fourth-order valence-electron chi connectivity index (χ4n) is 3.45. The zero-order valence-corrected chi connectivity index (χ0v) is 18.4. The first kappa shape index (κ1) is 19.9. The van der Waals surface area contributed by atoms with E-state index in [0.29, 0.717) is 6.54 Å². The molecule has 1 atom stereocenters. The topological polar surface area (TPSA) is 58.1 Å². The molecule has 1 unspecified atom stereocenters. The van der Waals surface area contributed by atoms with Gasteiger partial charge in [0.1, 0.15) is 0 Å². The van der Waals surface area contributed by atoms with Gasteiger partial charge in [-0.25, -0.2) is 0 Å². The maximum Gasteiger partial charge on any atom is 0.236 e. The molecule has 1 aliphatic rings. The maximum atomic E-state index is 12.9. The minimum atomic E-state index is -0.193. The third-order valence-electron chi connectivity index (χ3n) is 5.32. The van der Waals surface area contributed by atoms with Crippen molar-refractivity contribution >= 4 is 39.8 Å². The first-order chi connectivity index (χ1) is 14.0. The molecule has 4 rings (SSSR count). The summed E-state index contributed by atoms with van der Waals surface area (Å²) < 4.78 is 0.802. The highest BCUT2D eigenvalue weighted by molar-refractivity contribution is 8.02. The van der Waals surface area contributed by atoms with Crippen LogP contribution in [0.2, 0.25) is 0 Å². The number of thioether (sulfide) groups is 1. The summed E-state index contributed by atoms with van der Waals surface area (Å²) in [5.74, 6) is 0.156. The molecule has 1 N–H and O–H groups in total. The van der Waals surface area contributed by atoms with E-state index in [1.807, 2.05) is 30.0 Å². The van der Waals surface area contributed by atoms with Gasteiger partial charge < -0.3 is 10.2 Å². The molecule has 7 heteroatoms. The highest BCUT2D eigenvalue weighted by Crippen LogP contribution is 2.32. The van der Waals surface area contributed by atoms with E-state index in [1.165, 1.54) is 45.4 Å². The van der Waals surface area contributed by atoms with Crippen LogP contribution < -0.4 is 5.32 Å². The average Bonchev–Trinajstić information content (AvgIpc) is 3.17. The van der Waals surface area contributed by atoms with Crippen molar-refractivity contribution in [2.75, 3.05) is 11.9 Å². The van der Waals surface area contributed by atoms with Gasteiger partial charge in [0.15, 0.2) is 4.34 Å². The van der Waals surface area contributed by atoms with Gasteiger partial charge in [0.2, 0.25) is 11.0 Å². The zero-order chi connectivity index (χ0) is 20.4. The fourth-order valence-corrected chi connectivity index (χ4v) is 5.44. The number of carbonyl (C=O) groups excluding carboxylic acids is 1. The van der Waals surface area contributed by atoms with Crippen LogP contribution in [0.1, 0.15) is 29.2 Å². The molecular weight excluding hydrogens is 400 g/mol. The fraction of sp³-hybridized carbons (Fsp3) is 0.318. The first-order valence-electron chi connectivity index (χ1n) is 9.70. The number of hydrogen-bond donors (Lipinski definition) is 1. The predicted molar refractivity (Wildman–Crippen MR) is 120 cm³/mol. The number of carbonyl (C=O) groups is 1. The van der Waals surface area contributed by atoms with Crippen molar-refractivity contribution < 1.29 is 4.79 Å². The molecule has 0 radical (unpaired) electrons. The van der Waals surface area contributed by atoms with Gasteiger partial charge in [-0.3, -0.25) is 4.79 Å². The number of amides is 1. The summed E-state index contributed by atoms with van der Waals surface area (Å²) in [5, 5.41) is 12.4. The summed E-state index contributed by atoms with van der Waals surface area (Å²) in [6.45, 7) is 7.60. The summed E-state index contributed by atoms with van der Waals surface area (Å²) in [4.78, 5) is 14.9. The number of aromatic nitrogens is 2. The SMILES string of the molecule is Cc1cccc(Nc2nnc(SC(C)C(=O)N3CCc4ccccc4C3)s2)c1C. The molecule has 5 nitrogen and oxygen atoms in total. The molecule has 2 heterocycles. The van der Waals surface area contributed by atoms with Crippen LogP contribution in [0, 0.1) is 13.8 Å². The molecule has 0 aliphatic carbocycles. The van der Waals surface area contributed by atoms with Crippen LogP contribution in [0.15, 0.2) is 46.8 Å². The van der Waals surface area contributed by atoms with E-state index in [4.69, 9.17) is 0 Å². The van der Waals surface area contributed by atoms with Crippen molar-refractivity contribution in [3.05, 3.63) is 64.7 Å². The molecule has 2 aromatic carbocycles. The number of anilines is 2. The molecular formula is C22H24N4OS2. The van der Waals surface area contributed by atoms with Gasteiger partial charge in [-0.1, -0.05) is 59.5 Å². The van der Waals surface area contributed by atoms with Crippen molar-refractivity contribution in [2.45, 2.75) is 43.3 Å². The quantitative estimate of drug-likeness (QED) is 0.587. The Kier molecular flexibility index (Phi) is 5.87. The molecule has 1 aliphatic heterocycles. The summed E-state index contributed by atoms with van der Waals surface area (Å²) in [6, 6.07) is 14.5. The second-order valence-electron chi connectivity index (χ2n) is 7.28. The van der Waals surface area contributed by atoms with Crippen LogP contribution in [-0.2, 0) is 17.8 Å². The molecule has 0 saturated carbocycles. The summed E-state index contributed by atoms with van der Waals surface area (Å²) in [5.41, 5.74) is 6.07. The lowest BCUT2D eigenvalue weighted by atomic mass is 10.00. The Morgan fingerprint density at radius 3 is 2.76 bits per heavy atom. The Labute approximate surface area is 179 Å². The largest absolute Gasteiger partial charge is 0.337 e. The Balaban J connectivity index is 1.38. The lowest BCUT2D eigenvalue weighted by Gasteiger charge is -2.30. The minimum Gasteiger partial charge on any atom is -0.337 e. The van der Waals surface area contributed by atoms with E-state index in [1.54, 1.807) is 0 Å². The van der Waals surface area contributed by atoms with Gasteiger partial charge in [-0.05, 0) is 55.5 Å². The highest BCUT2D eigenvalue weighted by atomic mass is 32.2.